The predicted octanol–water partition coefficient (Wildman–Crippen LogP) is 3.15. The molecule has 1 aliphatic rings. The number of rotatable bonds is 8. The van der Waals surface area contributed by atoms with E-state index < -0.39 is 0 Å². The highest BCUT2D eigenvalue weighted by Gasteiger charge is 2.22. The van der Waals surface area contributed by atoms with Gasteiger partial charge in [-0.3, -0.25) is 0 Å². The van der Waals surface area contributed by atoms with Crippen LogP contribution in [0.4, 0.5) is 0 Å². The van der Waals surface area contributed by atoms with Gasteiger partial charge in [0.05, 0.1) is 0 Å². The first-order chi connectivity index (χ1) is 6.74. The molecule has 2 heteroatoms. The van der Waals surface area contributed by atoms with Crippen LogP contribution in [0.1, 0.15) is 40.0 Å². The van der Waals surface area contributed by atoms with Crippen molar-refractivity contribution in [1.82, 2.24) is 5.32 Å². The molecule has 0 saturated heterocycles. The van der Waals surface area contributed by atoms with Crippen molar-refractivity contribution < 1.29 is 0 Å². The Balaban J connectivity index is 1.98. The fourth-order valence-electron chi connectivity index (χ4n) is 1.54. The van der Waals surface area contributed by atoms with Crippen LogP contribution in [0.5, 0.6) is 0 Å². The second-order valence-corrected chi connectivity index (χ2v) is 6.02. The first kappa shape index (κ1) is 12.4. The van der Waals surface area contributed by atoms with Gasteiger partial charge in [-0.25, -0.2) is 0 Å². The van der Waals surface area contributed by atoms with Gasteiger partial charge >= 0.3 is 0 Å². The summed E-state index contributed by atoms with van der Waals surface area (Å²) in [5, 5.41) is 3.62. The van der Waals surface area contributed by atoms with Crippen molar-refractivity contribution in [3.63, 3.8) is 0 Å². The number of nitrogens with one attached hydrogen (secondary N) is 1. The molecule has 1 nitrogen and oxygen atoms in total. The molecule has 1 N–H and O–H groups in total. The molecule has 2 atom stereocenters. The summed E-state index contributed by atoms with van der Waals surface area (Å²) in [4.78, 5) is 0. The molecule has 0 aromatic heterocycles. The van der Waals surface area contributed by atoms with E-state index in [-0.39, 0.29) is 0 Å². The average molecular weight is 215 g/mol. The molecule has 2 unspecified atom stereocenters. The summed E-state index contributed by atoms with van der Waals surface area (Å²) >= 11 is 2.07. The Labute approximate surface area is 93.4 Å². The van der Waals surface area contributed by atoms with Gasteiger partial charge in [0.25, 0.3) is 0 Å². The summed E-state index contributed by atoms with van der Waals surface area (Å²) in [6.45, 7) is 8.25. The molecule has 0 aromatic carbocycles. The van der Waals surface area contributed by atoms with Crippen molar-refractivity contribution in [3.05, 3.63) is 0 Å². The van der Waals surface area contributed by atoms with Crippen molar-refractivity contribution in [1.29, 1.82) is 0 Å². The zero-order valence-corrected chi connectivity index (χ0v) is 10.7. The van der Waals surface area contributed by atoms with E-state index in [0.717, 1.165) is 17.9 Å². The Bertz CT molecular complexity index is 145. The lowest BCUT2D eigenvalue weighted by molar-refractivity contribution is 0.359. The van der Waals surface area contributed by atoms with Gasteiger partial charge in [0, 0.05) is 6.04 Å². The Morgan fingerprint density at radius 1 is 1.29 bits per heavy atom. The monoisotopic (exact) mass is 215 g/mol. The lowest BCUT2D eigenvalue weighted by Crippen LogP contribution is -2.27. The largest absolute Gasteiger partial charge is 0.314 e. The molecule has 1 rings (SSSR count). The zero-order valence-electron chi connectivity index (χ0n) is 9.88. The van der Waals surface area contributed by atoms with E-state index in [4.69, 9.17) is 0 Å². The Kier molecular flexibility index (Phi) is 5.95. The third kappa shape index (κ3) is 5.26. The van der Waals surface area contributed by atoms with Crippen LogP contribution in [-0.2, 0) is 0 Å². The van der Waals surface area contributed by atoms with Crippen molar-refractivity contribution in [2.24, 2.45) is 11.8 Å². The fourth-order valence-corrected chi connectivity index (χ4v) is 2.37. The van der Waals surface area contributed by atoms with Crippen molar-refractivity contribution >= 4 is 11.8 Å². The van der Waals surface area contributed by atoms with E-state index in [1.165, 1.54) is 37.3 Å². The zero-order chi connectivity index (χ0) is 10.4. The van der Waals surface area contributed by atoms with E-state index in [1.54, 1.807) is 0 Å². The second-order valence-electron chi connectivity index (χ2n) is 4.62. The van der Waals surface area contributed by atoms with Crippen LogP contribution in [0.2, 0.25) is 0 Å². The maximum Gasteiger partial charge on any atom is 0.00683 e. The quantitative estimate of drug-likeness (QED) is 0.624. The average Bonchev–Trinajstić information content (AvgIpc) is 2.98. The van der Waals surface area contributed by atoms with Crippen molar-refractivity contribution in [3.8, 4) is 0 Å². The normalized spacial score (nSPS) is 20.8. The van der Waals surface area contributed by atoms with Crippen LogP contribution in [0.3, 0.4) is 0 Å². The Morgan fingerprint density at radius 2 is 2.00 bits per heavy atom. The number of thioether (sulfide) groups is 1. The Morgan fingerprint density at radius 3 is 2.57 bits per heavy atom. The standard InChI is InChI=1S/C12H25NS/c1-4-14-8-7-10(2)11(3)9-13-12-5-6-12/h10-13H,4-9H2,1-3H3. The molecule has 14 heavy (non-hydrogen) atoms. The third-order valence-corrected chi connectivity index (χ3v) is 4.13. The Hall–Kier alpha value is 0.310. The van der Waals surface area contributed by atoms with Crippen LogP contribution >= 0.6 is 11.8 Å². The molecular formula is C12H25NS. The molecule has 1 saturated carbocycles. The van der Waals surface area contributed by atoms with Gasteiger partial charge in [-0.1, -0.05) is 20.8 Å². The SMILES string of the molecule is CCSCCC(C)C(C)CNC1CC1. The molecule has 0 spiro atoms. The third-order valence-electron chi connectivity index (χ3n) is 3.20. The summed E-state index contributed by atoms with van der Waals surface area (Å²) in [6.07, 6.45) is 4.20. The molecule has 0 aromatic rings. The summed E-state index contributed by atoms with van der Waals surface area (Å²) in [5.41, 5.74) is 0. The van der Waals surface area contributed by atoms with E-state index in [1.807, 2.05) is 0 Å². The molecule has 1 fully saturated rings. The molecular weight excluding hydrogens is 190 g/mol. The van der Waals surface area contributed by atoms with Crippen LogP contribution in [-0.4, -0.2) is 24.1 Å². The maximum absolute atomic E-state index is 3.62. The minimum absolute atomic E-state index is 0.841. The molecule has 84 valence electrons. The minimum Gasteiger partial charge on any atom is -0.314 e. The van der Waals surface area contributed by atoms with Crippen LogP contribution in [0.25, 0.3) is 0 Å². The molecule has 0 radical (unpaired) electrons. The maximum atomic E-state index is 3.62. The van der Waals surface area contributed by atoms with Gasteiger partial charge in [0.2, 0.25) is 0 Å². The summed E-state index contributed by atoms with van der Waals surface area (Å²) in [6, 6.07) is 0.870. The molecule has 0 amide bonds. The molecule has 0 heterocycles. The minimum atomic E-state index is 0.841. The van der Waals surface area contributed by atoms with E-state index >= 15 is 0 Å². The van der Waals surface area contributed by atoms with E-state index in [2.05, 4.69) is 37.8 Å². The highest BCUT2D eigenvalue weighted by atomic mass is 32.2. The molecule has 0 bridgehead atoms. The number of hydrogen-bond acceptors (Lipinski definition) is 2. The predicted molar refractivity (Wildman–Crippen MR) is 67.0 cm³/mol. The lowest BCUT2D eigenvalue weighted by Gasteiger charge is -2.20. The van der Waals surface area contributed by atoms with E-state index in [9.17, 15) is 0 Å². The molecule has 1 aliphatic carbocycles. The summed E-state index contributed by atoms with van der Waals surface area (Å²) < 4.78 is 0. The summed E-state index contributed by atoms with van der Waals surface area (Å²) in [5.74, 6) is 4.32. The van der Waals surface area contributed by atoms with Gasteiger partial charge in [0.15, 0.2) is 0 Å². The van der Waals surface area contributed by atoms with Gasteiger partial charge in [-0.05, 0) is 49.1 Å². The van der Waals surface area contributed by atoms with Crippen LogP contribution in [0.15, 0.2) is 0 Å². The number of hydrogen-bond donors (Lipinski definition) is 1. The highest BCUT2D eigenvalue weighted by molar-refractivity contribution is 7.99. The van der Waals surface area contributed by atoms with Crippen molar-refractivity contribution in [2.75, 3.05) is 18.1 Å². The smallest absolute Gasteiger partial charge is 0.00683 e. The first-order valence-electron chi connectivity index (χ1n) is 6.05. The second kappa shape index (κ2) is 6.73. The van der Waals surface area contributed by atoms with Crippen LogP contribution in [0, 0.1) is 11.8 Å². The highest BCUT2D eigenvalue weighted by Crippen LogP contribution is 2.21. The van der Waals surface area contributed by atoms with Gasteiger partial charge in [0.1, 0.15) is 0 Å². The summed E-state index contributed by atoms with van der Waals surface area (Å²) in [7, 11) is 0. The fraction of sp³-hybridized carbons (Fsp3) is 1.00. The lowest BCUT2D eigenvalue weighted by atomic mass is 9.93. The van der Waals surface area contributed by atoms with E-state index in [0.29, 0.717) is 0 Å². The van der Waals surface area contributed by atoms with Gasteiger partial charge in [-0.2, -0.15) is 11.8 Å². The molecule has 0 aliphatic heterocycles. The van der Waals surface area contributed by atoms with Gasteiger partial charge < -0.3 is 5.32 Å². The van der Waals surface area contributed by atoms with Crippen molar-refractivity contribution in [2.45, 2.75) is 46.1 Å². The topological polar surface area (TPSA) is 12.0 Å². The van der Waals surface area contributed by atoms with Crippen LogP contribution < -0.4 is 5.32 Å². The first-order valence-corrected chi connectivity index (χ1v) is 7.20. The van der Waals surface area contributed by atoms with Gasteiger partial charge in [-0.15, -0.1) is 0 Å².